The van der Waals surface area contributed by atoms with Gasteiger partial charge in [-0.05, 0) is 23.8 Å². The average Bonchev–Trinajstić information content (AvgIpc) is 3.24. The van der Waals surface area contributed by atoms with Gasteiger partial charge in [0, 0.05) is 37.1 Å². The van der Waals surface area contributed by atoms with Gasteiger partial charge in [0.1, 0.15) is 12.2 Å². The van der Waals surface area contributed by atoms with Crippen molar-refractivity contribution in [3.05, 3.63) is 66.2 Å². The van der Waals surface area contributed by atoms with Crippen LogP contribution in [0.5, 0.6) is 0 Å². The van der Waals surface area contributed by atoms with Crippen LogP contribution in [0.2, 0.25) is 0 Å². The fourth-order valence-electron chi connectivity index (χ4n) is 2.87. The van der Waals surface area contributed by atoms with Crippen LogP contribution in [0.4, 0.5) is 18.9 Å². The van der Waals surface area contributed by atoms with Gasteiger partial charge in [-0.15, -0.1) is 4.40 Å². The van der Waals surface area contributed by atoms with Gasteiger partial charge in [-0.3, -0.25) is 4.79 Å². The van der Waals surface area contributed by atoms with E-state index in [4.69, 9.17) is 0 Å². The number of amides is 1. The molecule has 0 bridgehead atoms. The minimum atomic E-state index is -4.28. The molecule has 0 aliphatic rings. The largest absolute Gasteiger partial charge is 0.368 e. The van der Waals surface area contributed by atoms with Crippen LogP contribution in [0.3, 0.4) is 0 Å². The number of alkyl halides is 2. The number of hydrogen-bond acceptors (Lipinski definition) is 4. The maximum Gasteiger partial charge on any atom is 0.333 e. The van der Waals surface area contributed by atoms with E-state index in [1.54, 1.807) is 20.2 Å². The highest BCUT2D eigenvalue weighted by Gasteiger charge is 2.22. The summed E-state index contributed by atoms with van der Waals surface area (Å²) in [7, 11) is -1.13. The molecule has 1 amide bonds. The van der Waals surface area contributed by atoms with Crippen molar-refractivity contribution in [1.29, 1.82) is 0 Å². The van der Waals surface area contributed by atoms with E-state index in [0.717, 1.165) is 24.8 Å². The van der Waals surface area contributed by atoms with Gasteiger partial charge < -0.3 is 10.2 Å². The summed E-state index contributed by atoms with van der Waals surface area (Å²) < 4.78 is 69.4. The number of rotatable bonds is 8. The Labute approximate surface area is 188 Å². The van der Waals surface area contributed by atoms with E-state index in [2.05, 4.69) is 14.8 Å². The zero-order chi connectivity index (χ0) is 24.2. The molecule has 2 aromatic carbocycles. The van der Waals surface area contributed by atoms with Crippen molar-refractivity contribution in [2.24, 2.45) is 4.40 Å². The first-order valence-corrected chi connectivity index (χ1v) is 11.0. The smallest absolute Gasteiger partial charge is 0.333 e. The Bertz CT molecular complexity index is 1290. The molecule has 0 atom stereocenters. The second-order valence-corrected chi connectivity index (χ2v) is 8.77. The van der Waals surface area contributed by atoms with Crippen molar-refractivity contribution >= 4 is 28.0 Å². The first-order chi connectivity index (χ1) is 15.6. The topological polar surface area (TPSA) is 96.7 Å². The van der Waals surface area contributed by atoms with Crippen LogP contribution in [-0.4, -0.2) is 49.4 Å². The summed E-state index contributed by atoms with van der Waals surface area (Å²) in [5.74, 6) is -1.11. The third-order valence-corrected chi connectivity index (χ3v) is 5.65. The third kappa shape index (κ3) is 5.98. The molecule has 0 aliphatic heterocycles. The summed E-state index contributed by atoms with van der Waals surface area (Å²) in [6, 6.07) is 9.70. The molecular weight excluding hydrogens is 459 g/mol. The number of benzene rings is 2. The van der Waals surface area contributed by atoms with Gasteiger partial charge in [-0.2, -0.15) is 22.3 Å². The number of aromatic nitrogens is 2. The number of nitrogens with zero attached hydrogens (tertiary/aromatic N) is 4. The van der Waals surface area contributed by atoms with Crippen LogP contribution in [0.1, 0.15) is 12.1 Å². The normalized spacial score (nSPS) is 11.8. The molecule has 0 saturated heterocycles. The molecule has 1 aromatic heterocycles. The number of hydrogen-bond donors (Lipinski definition) is 1. The molecule has 12 heteroatoms. The van der Waals surface area contributed by atoms with Crippen LogP contribution < -0.4 is 5.32 Å². The molecule has 3 rings (SSSR count). The Morgan fingerprint density at radius 3 is 2.61 bits per heavy atom. The van der Waals surface area contributed by atoms with E-state index in [1.807, 2.05) is 0 Å². The Kier molecular flexibility index (Phi) is 7.16. The summed E-state index contributed by atoms with van der Waals surface area (Å²) in [4.78, 5) is 13.5. The van der Waals surface area contributed by atoms with E-state index < -0.39 is 28.3 Å². The first kappa shape index (κ1) is 24.0. The van der Waals surface area contributed by atoms with Gasteiger partial charge in [0.25, 0.3) is 10.0 Å². The van der Waals surface area contributed by atoms with Gasteiger partial charge >= 0.3 is 6.55 Å². The Morgan fingerprint density at radius 1 is 1.24 bits per heavy atom. The van der Waals surface area contributed by atoms with Crippen molar-refractivity contribution in [1.82, 2.24) is 14.7 Å². The fourth-order valence-corrected chi connectivity index (χ4v) is 4.03. The molecule has 0 fully saturated rings. The summed E-state index contributed by atoms with van der Waals surface area (Å²) in [5, 5.41) is 6.06. The number of anilines is 1. The highest BCUT2D eigenvalue weighted by Crippen LogP contribution is 2.32. The van der Waals surface area contributed by atoms with Crippen LogP contribution in [0.25, 0.3) is 11.1 Å². The molecule has 0 unspecified atom stereocenters. The molecule has 174 valence electrons. The molecule has 1 N–H and O–H groups in total. The average molecular weight is 479 g/mol. The first-order valence-electron chi connectivity index (χ1n) is 9.53. The molecule has 33 heavy (non-hydrogen) atoms. The van der Waals surface area contributed by atoms with Crippen LogP contribution in [0, 0.1) is 5.82 Å². The van der Waals surface area contributed by atoms with Gasteiger partial charge in [-0.25, -0.2) is 9.07 Å². The third-order valence-electron chi connectivity index (χ3n) is 4.38. The summed E-state index contributed by atoms with van der Waals surface area (Å²) in [6.07, 6.45) is 2.92. The van der Waals surface area contributed by atoms with Crippen molar-refractivity contribution in [3.8, 4) is 11.1 Å². The Hall–Kier alpha value is -3.67. The van der Waals surface area contributed by atoms with Crippen LogP contribution in [0.15, 0.2) is 64.2 Å². The monoisotopic (exact) mass is 479 g/mol. The molecule has 0 saturated carbocycles. The lowest BCUT2D eigenvalue weighted by Gasteiger charge is -2.11. The SMILES string of the molecule is CN(C)/C=N/S(=O)(=O)c1cc(NC(=O)Cc2ccccc2F)ccc1-c1cnn(C(F)F)c1. The highest BCUT2D eigenvalue weighted by molar-refractivity contribution is 7.90. The maximum absolute atomic E-state index is 13.8. The number of carbonyl (C=O) groups is 1. The lowest BCUT2D eigenvalue weighted by atomic mass is 10.1. The van der Waals surface area contributed by atoms with Crippen molar-refractivity contribution < 1.29 is 26.4 Å². The molecule has 3 aromatic rings. The zero-order valence-corrected chi connectivity index (χ0v) is 18.4. The number of halogens is 3. The number of carbonyl (C=O) groups excluding carboxylic acids is 1. The quantitative estimate of drug-likeness (QED) is 0.394. The van der Waals surface area contributed by atoms with Crippen LogP contribution >= 0.6 is 0 Å². The molecule has 0 radical (unpaired) electrons. The molecule has 0 spiro atoms. The second kappa shape index (κ2) is 9.86. The number of nitrogens with one attached hydrogen (secondary N) is 1. The van der Waals surface area contributed by atoms with Gasteiger partial charge in [0.2, 0.25) is 5.91 Å². The zero-order valence-electron chi connectivity index (χ0n) is 17.6. The van der Waals surface area contributed by atoms with E-state index in [1.165, 1.54) is 35.2 Å². The van der Waals surface area contributed by atoms with Crippen LogP contribution in [-0.2, 0) is 21.2 Å². The molecular formula is C21H20F3N5O3S. The summed E-state index contributed by atoms with van der Waals surface area (Å²) in [6.45, 7) is -2.90. The second-order valence-electron chi connectivity index (χ2n) is 7.17. The van der Waals surface area contributed by atoms with E-state index in [-0.39, 0.29) is 33.7 Å². The summed E-state index contributed by atoms with van der Waals surface area (Å²) >= 11 is 0. The lowest BCUT2D eigenvalue weighted by Crippen LogP contribution is -2.16. The van der Waals surface area contributed by atoms with Crippen molar-refractivity contribution in [3.63, 3.8) is 0 Å². The van der Waals surface area contributed by atoms with Gasteiger partial charge in [0.05, 0.1) is 17.5 Å². The fraction of sp³-hybridized carbons (Fsp3) is 0.190. The van der Waals surface area contributed by atoms with E-state index in [9.17, 15) is 26.4 Å². The maximum atomic E-state index is 13.8. The minimum Gasteiger partial charge on any atom is -0.368 e. The summed E-state index contributed by atoms with van der Waals surface area (Å²) in [5.41, 5.74) is 0.484. The number of sulfonamides is 1. The molecule has 1 heterocycles. The lowest BCUT2D eigenvalue weighted by molar-refractivity contribution is -0.115. The molecule has 0 aliphatic carbocycles. The minimum absolute atomic E-state index is 0.0740. The predicted molar refractivity (Wildman–Crippen MR) is 117 cm³/mol. The highest BCUT2D eigenvalue weighted by atomic mass is 32.2. The van der Waals surface area contributed by atoms with E-state index in [0.29, 0.717) is 4.68 Å². The Balaban J connectivity index is 1.98. The Morgan fingerprint density at radius 2 is 1.97 bits per heavy atom. The van der Waals surface area contributed by atoms with Crippen molar-refractivity contribution in [2.45, 2.75) is 17.9 Å². The molecule has 8 nitrogen and oxygen atoms in total. The predicted octanol–water partition coefficient (Wildman–Crippen LogP) is 3.54. The van der Waals surface area contributed by atoms with Gasteiger partial charge in [0.15, 0.2) is 0 Å². The standard InChI is InChI=1S/C21H20F3N5O3S/c1-28(2)13-26-33(31,32)19-10-16(27-20(30)9-14-5-3-4-6-18(14)22)7-8-17(19)15-11-25-29(12-15)21(23)24/h3-8,10-13,21H,9H2,1-2H3,(H,27,30)/b26-13+. The van der Waals surface area contributed by atoms with E-state index >= 15 is 0 Å². The van der Waals surface area contributed by atoms with Crippen molar-refractivity contribution in [2.75, 3.05) is 19.4 Å². The van der Waals surface area contributed by atoms with Gasteiger partial charge in [-0.1, -0.05) is 24.3 Å².